The summed E-state index contributed by atoms with van der Waals surface area (Å²) in [6.45, 7) is 8.44. The zero-order valence-corrected chi connectivity index (χ0v) is 11.4. The number of piperidine rings is 1. The van der Waals surface area contributed by atoms with Crippen LogP contribution in [-0.2, 0) is 10.0 Å². The van der Waals surface area contributed by atoms with Crippen LogP contribution in [0.1, 0.15) is 26.7 Å². The maximum Gasteiger partial charge on any atom is 0.208 e. The van der Waals surface area contributed by atoms with E-state index in [2.05, 4.69) is 23.5 Å². The summed E-state index contributed by atoms with van der Waals surface area (Å²) in [6, 6.07) is 0. The summed E-state index contributed by atoms with van der Waals surface area (Å²) in [5, 5.41) is 0. The van der Waals surface area contributed by atoms with Crippen LogP contribution in [0, 0.1) is 11.8 Å². The van der Waals surface area contributed by atoms with Crippen LogP contribution < -0.4 is 4.72 Å². The molecule has 1 saturated heterocycles. The Morgan fingerprint density at radius 1 is 1.25 bits per heavy atom. The van der Waals surface area contributed by atoms with Crippen molar-refractivity contribution in [3.05, 3.63) is 0 Å². The average Bonchev–Trinajstić information content (AvgIpc) is 2.09. The fraction of sp³-hybridized carbons (Fsp3) is 1.00. The van der Waals surface area contributed by atoms with Crippen LogP contribution in [0.2, 0.25) is 0 Å². The molecular weight excluding hydrogens is 224 g/mol. The van der Waals surface area contributed by atoms with E-state index in [-0.39, 0.29) is 0 Å². The molecule has 1 aliphatic heterocycles. The fourth-order valence-electron chi connectivity index (χ4n) is 2.53. The lowest BCUT2D eigenvalue weighted by Crippen LogP contribution is -2.40. The Morgan fingerprint density at radius 3 is 2.31 bits per heavy atom. The van der Waals surface area contributed by atoms with Gasteiger partial charge in [0.25, 0.3) is 0 Å². The topological polar surface area (TPSA) is 49.4 Å². The highest BCUT2D eigenvalue weighted by atomic mass is 32.2. The summed E-state index contributed by atoms with van der Waals surface area (Å²) in [4.78, 5) is 2.45. The quantitative estimate of drug-likeness (QED) is 0.736. The van der Waals surface area contributed by atoms with Crippen LogP contribution in [0.25, 0.3) is 0 Å². The Hall–Kier alpha value is -0.130. The first-order valence-electron chi connectivity index (χ1n) is 6.04. The number of nitrogens with one attached hydrogen (secondary N) is 1. The second kappa shape index (κ2) is 5.98. The zero-order chi connectivity index (χ0) is 12.2. The van der Waals surface area contributed by atoms with Crippen molar-refractivity contribution in [1.82, 2.24) is 9.62 Å². The van der Waals surface area contributed by atoms with E-state index in [1.165, 1.54) is 12.7 Å². The van der Waals surface area contributed by atoms with Crippen LogP contribution in [0.4, 0.5) is 0 Å². The van der Waals surface area contributed by atoms with E-state index < -0.39 is 10.0 Å². The van der Waals surface area contributed by atoms with Crippen molar-refractivity contribution in [2.45, 2.75) is 26.7 Å². The molecule has 0 aromatic rings. The molecule has 0 aromatic heterocycles. The second-order valence-corrected chi connectivity index (χ2v) is 7.06. The van der Waals surface area contributed by atoms with E-state index in [1.54, 1.807) is 0 Å². The standard InChI is InChI=1S/C11H24N2O2S/c1-10-7-11(2)9-13(8-10)6-4-5-12-16(3,14)15/h10-12H,4-9H2,1-3H3/t10-,11-/m0/s1. The van der Waals surface area contributed by atoms with Gasteiger partial charge >= 0.3 is 0 Å². The van der Waals surface area contributed by atoms with E-state index in [0.29, 0.717) is 6.54 Å². The predicted molar refractivity (Wildman–Crippen MR) is 66.8 cm³/mol. The van der Waals surface area contributed by atoms with Gasteiger partial charge in [-0.2, -0.15) is 0 Å². The van der Waals surface area contributed by atoms with Crippen molar-refractivity contribution >= 4 is 10.0 Å². The fourth-order valence-corrected chi connectivity index (χ4v) is 3.05. The van der Waals surface area contributed by atoms with Gasteiger partial charge in [0, 0.05) is 19.6 Å². The molecule has 5 heteroatoms. The van der Waals surface area contributed by atoms with Gasteiger partial charge in [-0.3, -0.25) is 0 Å². The van der Waals surface area contributed by atoms with E-state index in [1.807, 2.05) is 0 Å². The lowest BCUT2D eigenvalue weighted by atomic mass is 9.92. The van der Waals surface area contributed by atoms with E-state index in [9.17, 15) is 8.42 Å². The summed E-state index contributed by atoms with van der Waals surface area (Å²) in [5.74, 6) is 1.54. The zero-order valence-electron chi connectivity index (χ0n) is 10.6. The highest BCUT2D eigenvalue weighted by molar-refractivity contribution is 7.88. The normalized spacial score (nSPS) is 28.2. The smallest absolute Gasteiger partial charge is 0.208 e. The molecule has 0 saturated carbocycles. The average molecular weight is 248 g/mol. The minimum atomic E-state index is -3.02. The van der Waals surface area contributed by atoms with E-state index in [0.717, 1.165) is 37.9 Å². The monoisotopic (exact) mass is 248 g/mol. The molecule has 16 heavy (non-hydrogen) atoms. The minimum Gasteiger partial charge on any atom is -0.303 e. The van der Waals surface area contributed by atoms with Gasteiger partial charge in [-0.25, -0.2) is 13.1 Å². The third kappa shape index (κ3) is 5.82. The molecule has 1 rings (SSSR count). The SMILES string of the molecule is C[C@H]1C[C@H](C)CN(CCCNS(C)(=O)=O)C1. The maximum atomic E-state index is 10.9. The van der Waals surface area contributed by atoms with E-state index >= 15 is 0 Å². The summed E-state index contributed by atoms with van der Waals surface area (Å²) in [5.41, 5.74) is 0. The molecule has 2 atom stereocenters. The minimum absolute atomic E-state index is 0.554. The van der Waals surface area contributed by atoms with E-state index in [4.69, 9.17) is 0 Å². The van der Waals surface area contributed by atoms with Crippen LogP contribution in [0.5, 0.6) is 0 Å². The molecule has 1 aliphatic rings. The molecule has 0 radical (unpaired) electrons. The van der Waals surface area contributed by atoms with Gasteiger partial charge in [0.2, 0.25) is 10.0 Å². The predicted octanol–water partition coefficient (Wildman–Crippen LogP) is 0.904. The van der Waals surface area contributed by atoms with Crippen LogP contribution in [0.15, 0.2) is 0 Å². The molecule has 0 aliphatic carbocycles. The Bertz CT molecular complexity index is 293. The first kappa shape index (κ1) is 13.9. The Balaban J connectivity index is 2.17. The first-order valence-corrected chi connectivity index (χ1v) is 7.93. The van der Waals surface area contributed by atoms with Gasteiger partial charge in [0.15, 0.2) is 0 Å². The summed E-state index contributed by atoms with van der Waals surface area (Å²) >= 11 is 0. The number of nitrogens with zero attached hydrogens (tertiary/aromatic N) is 1. The summed E-state index contributed by atoms with van der Waals surface area (Å²) < 4.78 is 24.3. The van der Waals surface area contributed by atoms with Crippen LogP contribution in [0.3, 0.4) is 0 Å². The third-order valence-electron chi connectivity index (χ3n) is 2.96. The van der Waals surface area contributed by atoms with Crippen molar-refractivity contribution in [3.8, 4) is 0 Å². The van der Waals surface area contributed by atoms with Crippen molar-refractivity contribution in [3.63, 3.8) is 0 Å². The lowest BCUT2D eigenvalue weighted by molar-refractivity contribution is 0.140. The molecule has 1 heterocycles. The highest BCUT2D eigenvalue weighted by Crippen LogP contribution is 2.20. The molecule has 4 nitrogen and oxygen atoms in total. The van der Waals surface area contributed by atoms with Crippen molar-refractivity contribution in [1.29, 1.82) is 0 Å². The van der Waals surface area contributed by atoms with Crippen molar-refractivity contribution in [2.75, 3.05) is 32.4 Å². The number of sulfonamides is 1. The third-order valence-corrected chi connectivity index (χ3v) is 3.69. The summed E-state index contributed by atoms with van der Waals surface area (Å²) in [7, 11) is -3.02. The molecule has 0 amide bonds. The largest absolute Gasteiger partial charge is 0.303 e. The molecule has 0 spiro atoms. The highest BCUT2D eigenvalue weighted by Gasteiger charge is 2.20. The summed E-state index contributed by atoms with van der Waals surface area (Å²) in [6.07, 6.45) is 3.42. The van der Waals surface area contributed by atoms with Crippen molar-refractivity contribution in [2.24, 2.45) is 11.8 Å². The van der Waals surface area contributed by atoms with Gasteiger partial charge in [-0.05, 0) is 31.2 Å². The van der Waals surface area contributed by atoms with Gasteiger partial charge < -0.3 is 4.90 Å². The Morgan fingerprint density at radius 2 is 1.81 bits per heavy atom. The van der Waals surface area contributed by atoms with Gasteiger partial charge in [-0.1, -0.05) is 13.8 Å². The molecular formula is C11H24N2O2S. The van der Waals surface area contributed by atoms with Gasteiger partial charge in [0.1, 0.15) is 0 Å². The molecule has 0 unspecified atom stereocenters. The maximum absolute atomic E-state index is 10.9. The molecule has 1 N–H and O–H groups in total. The Kier molecular flexibility index (Phi) is 5.21. The lowest BCUT2D eigenvalue weighted by Gasteiger charge is -2.34. The molecule has 1 fully saturated rings. The molecule has 0 aromatic carbocycles. The number of likely N-dealkylation sites (tertiary alicyclic amines) is 1. The molecule has 96 valence electrons. The first-order chi connectivity index (χ1) is 7.37. The number of rotatable bonds is 5. The van der Waals surface area contributed by atoms with Crippen LogP contribution >= 0.6 is 0 Å². The van der Waals surface area contributed by atoms with Gasteiger partial charge in [0.05, 0.1) is 6.26 Å². The second-order valence-electron chi connectivity index (χ2n) is 5.23. The van der Waals surface area contributed by atoms with Crippen LogP contribution in [-0.4, -0.2) is 45.8 Å². The number of hydrogen-bond acceptors (Lipinski definition) is 3. The Labute approximate surface area is 99.5 Å². The number of hydrogen-bond donors (Lipinski definition) is 1. The van der Waals surface area contributed by atoms with Gasteiger partial charge in [-0.15, -0.1) is 0 Å². The van der Waals surface area contributed by atoms with Crippen molar-refractivity contribution < 1.29 is 8.42 Å². The molecule has 0 bridgehead atoms.